The molecule has 0 atom stereocenters. The van der Waals surface area contributed by atoms with Crippen molar-refractivity contribution in [3.05, 3.63) is 70.4 Å². The van der Waals surface area contributed by atoms with Crippen molar-refractivity contribution in [3.8, 4) is 11.5 Å². The fourth-order valence-corrected chi connectivity index (χ4v) is 3.11. The van der Waals surface area contributed by atoms with E-state index in [0.29, 0.717) is 25.2 Å². The van der Waals surface area contributed by atoms with E-state index >= 15 is 0 Å². The van der Waals surface area contributed by atoms with Gasteiger partial charge in [-0.3, -0.25) is 4.79 Å². The lowest BCUT2D eigenvalue weighted by Crippen LogP contribution is -2.25. The number of carbonyl (C=O) groups is 1. The maximum atomic E-state index is 11.7. The lowest BCUT2D eigenvalue weighted by atomic mass is 10.1. The van der Waals surface area contributed by atoms with Gasteiger partial charge in [-0.25, -0.2) is 4.98 Å². The third-order valence-corrected chi connectivity index (χ3v) is 4.67. The Bertz CT molecular complexity index is 929. The molecule has 0 aliphatic carbocycles. The van der Waals surface area contributed by atoms with Crippen LogP contribution in [0.3, 0.4) is 0 Å². The number of ether oxygens (including phenoxy) is 2. The lowest BCUT2D eigenvalue weighted by molar-refractivity contribution is 0.112. The highest BCUT2D eigenvalue weighted by atomic mass is 35.5. The molecule has 3 rings (SSSR count). The van der Waals surface area contributed by atoms with Crippen LogP contribution >= 0.6 is 11.6 Å². The standard InChI is InChI=1S/C21H21ClN4O3/c1-28-16-7-3-14(4-8-16)11-26(12-15-5-9-17(29-2)10-6-15)20-18(13-27)19(22)24-21(23)25-20/h3-10,13H,11-12H2,1-2H3,(H2,23,24,25). The van der Waals surface area contributed by atoms with E-state index in [1.165, 1.54) is 0 Å². The van der Waals surface area contributed by atoms with Crippen LogP contribution in [0.2, 0.25) is 5.15 Å². The van der Waals surface area contributed by atoms with E-state index in [-0.39, 0.29) is 16.7 Å². The van der Waals surface area contributed by atoms with E-state index in [1.54, 1.807) is 14.2 Å². The van der Waals surface area contributed by atoms with Gasteiger partial charge in [0.25, 0.3) is 0 Å². The first-order valence-electron chi connectivity index (χ1n) is 8.83. The molecule has 0 aliphatic rings. The second-order valence-electron chi connectivity index (χ2n) is 6.28. The molecule has 0 saturated heterocycles. The van der Waals surface area contributed by atoms with Crippen LogP contribution in [-0.2, 0) is 13.1 Å². The molecular weight excluding hydrogens is 392 g/mol. The Hall–Kier alpha value is -3.32. The Morgan fingerprint density at radius 1 is 0.931 bits per heavy atom. The summed E-state index contributed by atoms with van der Waals surface area (Å²) in [6.07, 6.45) is 0.645. The zero-order valence-electron chi connectivity index (χ0n) is 16.1. The average molecular weight is 413 g/mol. The number of hydrogen-bond donors (Lipinski definition) is 1. The molecule has 0 amide bonds. The van der Waals surface area contributed by atoms with Crippen molar-refractivity contribution in [1.82, 2.24) is 9.97 Å². The number of nitrogens with zero attached hydrogens (tertiary/aromatic N) is 3. The predicted molar refractivity (Wildman–Crippen MR) is 113 cm³/mol. The maximum Gasteiger partial charge on any atom is 0.223 e. The number of aldehydes is 1. The summed E-state index contributed by atoms with van der Waals surface area (Å²) < 4.78 is 10.4. The van der Waals surface area contributed by atoms with Gasteiger partial charge in [0, 0.05) is 13.1 Å². The second kappa shape index (κ2) is 9.25. The number of anilines is 2. The van der Waals surface area contributed by atoms with Crippen molar-refractivity contribution in [1.29, 1.82) is 0 Å². The molecular formula is C21H21ClN4O3. The third-order valence-electron chi connectivity index (χ3n) is 4.38. The van der Waals surface area contributed by atoms with E-state index < -0.39 is 0 Å². The van der Waals surface area contributed by atoms with Gasteiger partial charge >= 0.3 is 0 Å². The molecule has 8 heteroatoms. The van der Waals surface area contributed by atoms with Crippen LogP contribution in [0.15, 0.2) is 48.5 Å². The summed E-state index contributed by atoms with van der Waals surface area (Å²) in [5, 5.41) is 0.0250. The van der Waals surface area contributed by atoms with Crippen molar-refractivity contribution >= 4 is 29.7 Å². The Balaban J connectivity index is 1.99. The molecule has 150 valence electrons. The molecule has 0 bridgehead atoms. The first kappa shape index (κ1) is 20.4. The number of halogens is 1. The first-order valence-corrected chi connectivity index (χ1v) is 9.21. The lowest BCUT2D eigenvalue weighted by Gasteiger charge is -2.26. The molecule has 2 aromatic carbocycles. The molecule has 29 heavy (non-hydrogen) atoms. The Labute approximate surface area is 174 Å². The van der Waals surface area contributed by atoms with Crippen LogP contribution in [0.25, 0.3) is 0 Å². The molecule has 7 nitrogen and oxygen atoms in total. The van der Waals surface area contributed by atoms with Gasteiger partial charge in [-0.2, -0.15) is 4.98 Å². The fourth-order valence-electron chi connectivity index (χ4n) is 2.90. The van der Waals surface area contributed by atoms with E-state index in [4.69, 9.17) is 26.8 Å². The number of nitrogen functional groups attached to an aromatic ring is 1. The minimum Gasteiger partial charge on any atom is -0.497 e. The summed E-state index contributed by atoms with van der Waals surface area (Å²) in [7, 11) is 3.24. The zero-order valence-corrected chi connectivity index (χ0v) is 16.9. The molecule has 0 unspecified atom stereocenters. The summed E-state index contributed by atoms with van der Waals surface area (Å²) in [6.45, 7) is 0.952. The monoisotopic (exact) mass is 412 g/mol. The van der Waals surface area contributed by atoms with E-state index in [2.05, 4.69) is 9.97 Å². The molecule has 1 aromatic heterocycles. The number of benzene rings is 2. The van der Waals surface area contributed by atoms with Crippen LogP contribution in [-0.4, -0.2) is 30.5 Å². The molecule has 0 saturated carbocycles. The molecule has 1 heterocycles. The Morgan fingerprint density at radius 2 is 1.41 bits per heavy atom. The topological polar surface area (TPSA) is 90.6 Å². The minimum atomic E-state index is 0.00469. The van der Waals surface area contributed by atoms with Crippen LogP contribution in [0.5, 0.6) is 11.5 Å². The SMILES string of the molecule is COc1ccc(CN(Cc2ccc(OC)cc2)c2nc(N)nc(Cl)c2C=O)cc1. The molecule has 2 N–H and O–H groups in total. The van der Waals surface area contributed by atoms with Crippen LogP contribution in [0.4, 0.5) is 11.8 Å². The van der Waals surface area contributed by atoms with Crippen molar-refractivity contribution in [3.63, 3.8) is 0 Å². The van der Waals surface area contributed by atoms with Gasteiger partial charge in [0.2, 0.25) is 5.95 Å². The number of hydrogen-bond acceptors (Lipinski definition) is 7. The van der Waals surface area contributed by atoms with Gasteiger partial charge in [0.15, 0.2) is 6.29 Å². The second-order valence-corrected chi connectivity index (χ2v) is 6.64. The van der Waals surface area contributed by atoms with E-state index in [1.807, 2.05) is 53.4 Å². The van der Waals surface area contributed by atoms with Gasteiger partial charge in [0.1, 0.15) is 22.5 Å². The summed E-state index contributed by atoms with van der Waals surface area (Å²) in [5.74, 6) is 1.91. The highest BCUT2D eigenvalue weighted by Crippen LogP contribution is 2.27. The third kappa shape index (κ3) is 4.94. The zero-order chi connectivity index (χ0) is 20.8. The molecule has 0 fully saturated rings. The average Bonchev–Trinajstić information content (AvgIpc) is 2.74. The predicted octanol–water partition coefficient (Wildman–Crippen LogP) is 3.75. The normalized spacial score (nSPS) is 10.4. The van der Waals surface area contributed by atoms with Gasteiger partial charge in [0.05, 0.1) is 19.8 Å². The molecule has 0 aliphatic heterocycles. The number of methoxy groups -OCH3 is 2. The minimum absolute atomic E-state index is 0.00469. The van der Waals surface area contributed by atoms with Crippen LogP contribution in [0.1, 0.15) is 21.5 Å². The van der Waals surface area contributed by atoms with Crippen molar-refractivity contribution in [2.24, 2.45) is 0 Å². The van der Waals surface area contributed by atoms with Crippen molar-refractivity contribution < 1.29 is 14.3 Å². The number of aromatic nitrogens is 2. The Morgan fingerprint density at radius 3 is 1.83 bits per heavy atom. The summed E-state index contributed by atoms with van der Waals surface area (Å²) in [4.78, 5) is 21.8. The number of nitrogens with two attached hydrogens (primary N) is 1. The smallest absolute Gasteiger partial charge is 0.223 e. The fraction of sp³-hybridized carbons (Fsp3) is 0.190. The van der Waals surface area contributed by atoms with E-state index in [0.717, 1.165) is 22.6 Å². The van der Waals surface area contributed by atoms with Crippen LogP contribution in [0, 0.1) is 0 Å². The van der Waals surface area contributed by atoms with E-state index in [9.17, 15) is 4.79 Å². The Kier molecular flexibility index (Phi) is 6.51. The summed E-state index contributed by atoms with van der Waals surface area (Å²) in [6, 6.07) is 15.3. The van der Waals surface area contributed by atoms with Gasteiger partial charge in [-0.05, 0) is 35.4 Å². The summed E-state index contributed by atoms with van der Waals surface area (Å²) >= 11 is 6.14. The quantitative estimate of drug-likeness (QED) is 0.445. The molecule has 0 spiro atoms. The number of carbonyl (C=O) groups excluding carboxylic acids is 1. The maximum absolute atomic E-state index is 11.7. The largest absolute Gasteiger partial charge is 0.497 e. The first-order chi connectivity index (χ1) is 14.0. The van der Waals surface area contributed by atoms with Crippen molar-refractivity contribution in [2.45, 2.75) is 13.1 Å². The highest BCUT2D eigenvalue weighted by Gasteiger charge is 2.19. The van der Waals surface area contributed by atoms with Crippen LogP contribution < -0.4 is 20.1 Å². The molecule has 0 radical (unpaired) electrons. The van der Waals surface area contributed by atoms with Gasteiger partial charge in [-0.15, -0.1) is 0 Å². The van der Waals surface area contributed by atoms with Gasteiger partial charge < -0.3 is 20.1 Å². The van der Waals surface area contributed by atoms with Crippen molar-refractivity contribution in [2.75, 3.05) is 24.9 Å². The van der Waals surface area contributed by atoms with Gasteiger partial charge in [-0.1, -0.05) is 35.9 Å². The highest BCUT2D eigenvalue weighted by molar-refractivity contribution is 6.32. The number of rotatable bonds is 8. The molecule has 3 aromatic rings. The summed E-state index contributed by atoms with van der Waals surface area (Å²) in [5.41, 5.74) is 8.01.